The van der Waals surface area contributed by atoms with Crippen molar-refractivity contribution in [3.63, 3.8) is 0 Å². The van der Waals surface area contributed by atoms with Crippen LogP contribution in [-0.4, -0.2) is 22.7 Å². The predicted molar refractivity (Wildman–Crippen MR) is 102 cm³/mol. The average molecular weight is 406 g/mol. The fourth-order valence-corrected chi connectivity index (χ4v) is 3.82. The Morgan fingerprint density at radius 3 is 2.26 bits per heavy atom. The van der Waals surface area contributed by atoms with Crippen LogP contribution in [0, 0.1) is 0 Å². The van der Waals surface area contributed by atoms with Crippen LogP contribution in [0.5, 0.6) is 0 Å². The molecule has 0 amide bonds. The molecular formula is C17H19N3O5SSi. The van der Waals surface area contributed by atoms with Crippen LogP contribution in [0.15, 0.2) is 64.6 Å². The molecule has 10 heteroatoms. The fourth-order valence-electron chi connectivity index (χ4n) is 2.17. The third kappa shape index (κ3) is 5.66. The third-order valence-electron chi connectivity index (χ3n) is 3.25. The van der Waals surface area contributed by atoms with Gasteiger partial charge in [0.2, 0.25) is 8.32 Å². The third-order valence-corrected chi connectivity index (χ3v) is 5.33. The molecule has 0 heterocycles. The second kappa shape index (κ2) is 8.36. The summed E-state index contributed by atoms with van der Waals surface area (Å²) in [6.07, 6.45) is -1.55. The summed E-state index contributed by atoms with van der Waals surface area (Å²) in [6.45, 7) is 5.53. The van der Waals surface area contributed by atoms with Crippen LogP contribution in [0.3, 0.4) is 0 Å². The van der Waals surface area contributed by atoms with Crippen molar-refractivity contribution >= 4 is 24.4 Å². The molecule has 1 atom stereocenters. The van der Waals surface area contributed by atoms with Crippen LogP contribution >= 0.6 is 0 Å². The van der Waals surface area contributed by atoms with Crippen molar-refractivity contribution in [1.82, 2.24) is 0 Å². The summed E-state index contributed by atoms with van der Waals surface area (Å²) in [7, 11) is -6.41. The molecule has 0 saturated carbocycles. The molecule has 0 aliphatic rings. The second-order valence-corrected chi connectivity index (χ2v) is 12.5. The molecule has 142 valence electrons. The Kier molecular flexibility index (Phi) is 6.40. The molecule has 0 aliphatic heterocycles. The summed E-state index contributed by atoms with van der Waals surface area (Å²) in [5.41, 5.74) is 9.05. The van der Waals surface area contributed by atoms with Crippen LogP contribution in [0.25, 0.3) is 10.4 Å². The second-order valence-electron chi connectivity index (χ2n) is 6.51. The Hall–Kier alpha value is -2.65. The number of hydrogen-bond donors (Lipinski definition) is 0. The van der Waals surface area contributed by atoms with Gasteiger partial charge in [-0.25, -0.2) is 4.79 Å². The van der Waals surface area contributed by atoms with E-state index in [4.69, 9.17) is 14.1 Å². The van der Waals surface area contributed by atoms with Crippen LogP contribution in [0.2, 0.25) is 19.6 Å². The molecule has 0 saturated heterocycles. The maximum absolute atomic E-state index is 12.5. The lowest BCUT2D eigenvalue weighted by Gasteiger charge is -2.20. The Balaban J connectivity index is 2.44. The maximum Gasteiger partial charge on any atom is 0.325 e. The largest absolute Gasteiger partial charge is 0.516 e. The van der Waals surface area contributed by atoms with Crippen molar-refractivity contribution in [2.75, 3.05) is 0 Å². The van der Waals surface area contributed by atoms with E-state index in [9.17, 15) is 13.2 Å². The molecule has 8 nitrogen and oxygen atoms in total. The highest BCUT2D eigenvalue weighted by molar-refractivity contribution is 7.86. The lowest BCUT2D eigenvalue weighted by molar-refractivity contribution is 0.0719. The molecular weight excluding hydrogens is 386 g/mol. The van der Waals surface area contributed by atoms with Gasteiger partial charge in [-0.1, -0.05) is 41.5 Å². The molecule has 0 N–H and O–H groups in total. The standard InChI is InChI=1S/C17H19N3O5SSi/c1-27(2,3)25-17(21)15-12-8-7-11-14(15)16(19-20-18)24-26(22,23)13-9-5-4-6-10-13/h4-12,16H,1-3H3. The van der Waals surface area contributed by atoms with Crippen LogP contribution < -0.4 is 0 Å². The van der Waals surface area contributed by atoms with E-state index in [0.717, 1.165) is 0 Å². The molecule has 1 unspecified atom stereocenters. The lowest BCUT2D eigenvalue weighted by atomic mass is 10.1. The maximum atomic E-state index is 12.5. The van der Waals surface area contributed by atoms with Crippen LogP contribution in [0.1, 0.15) is 22.1 Å². The van der Waals surface area contributed by atoms with Gasteiger partial charge in [-0.05, 0) is 43.4 Å². The van der Waals surface area contributed by atoms with E-state index in [1.165, 1.54) is 36.4 Å². The van der Waals surface area contributed by atoms with Crippen molar-refractivity contribution in [3.8, 4) is 0 Å². The zero-order valence-electron chi connectivity index (χ0n) is 15.1. The van der Waals surface area contributed by atoms with E-state index in [0.29, 0.717) is 0 Å². The molecule has 0 fully saturated rings. The molecule has 2 aromatic rings. The van der Waals surface area contributed by atoms with Gasteiger partial charge in [0.15, 0.2) is 6.23 Å². The topological polar surface area (TPSA) is 118 Å². The normalized spacial score (nSPS) is 12.7. The molecule has 27 heavy (non-hydrogen) atoms. The van der Waals surface area contributed by atoms with Crippen LogP contribution in [0.4, 0.5) is 0 Å². The first-order chi connectivity index (χ1) is 12.6. The summed E-state index contributed by atoms with van der Waals surface area (Å²) < 4.78 is 35.6. The summed E-state index contributed by atoms with van der Waals surface area (Å²) >= 11 is 0. The monoisotopic (exact) mass is 405 g/mol. The average Bonchev–Trinajstić information content (AvgIpc) is 2.60. The van der Waals surface area contributed by atoms with Crippen molar-refractivity contribution in [3.05, 3.63) is 76.2 Å². The van der Waals surface area contributed by atoms with Gasteiger partial charge in [0, 0.05) is 10.5 Å². The van der Waals surface area contributed by atoms with E-state index in [1.807, 2.05) is 19.6 Å². The van der Waals surface area contributed by atoms with E-state index in [2.05, 4.69) is 10.0 Å². The Morgan fingerprint density at radius 1 is 1.07 bits per heavy atom. The van der Waals surface area contributed by atoms with Crippen molar-refractivity contribution in [2.24, 2.45) is 5.11 Å². The number of nitrogens with zero attached hydrogens (tertiary/aromatic N) is 3. The minimum Gasteiger partial charge on any atom is -0.516 e. The van der Waals surface area contributed by atoms with Crippen LogP contribution in [-0.2, 0) is 18.7 Å². The summed E-state index contributed by atoms with van der Waals surface area (Å²) in [4.78, 5) is 15.1. The molecule has 0 aliphatic carbocycles. The van der Waals surface area contributed by atoms with E-state index in [-0.39, 0.29) is 16.0 Å². The number of carbonyl (C=O) groups excluding carboxylic acids is 1. The van der Waals surface area contributed by atoms with E-state index in [1.54, 1.807) is 18.2 Å². The highest BCUT2D eigenvalue weighted by Crippen LogP contribution is 2.28. The highest BCUT2D eigenvalue weighted by Gasteiger charge is 2.28. The zero-order valence-corrected chi connectivity index (χ0v) is 16.9. The van der Waals surface area contributed by atoms with Gasteiger partial charge < -0.3 is 4.43 Å². The van der Waals surface area contributed by atoms with E-state index >= 15 is 0 Å². The minimum atomic E-state index is -4.22. The van der Waals surface area contributed by atoms with Gasteiger partial charge >= 0.3 is 5.97 Å². The van der Waals surface area contributed by atoms with Crippen molar-refractivity contribution in [2.45, 2.75) is 30.8 Å². The Labute approximate surface area is 158 Å². The molecule has 0 radical (unpaired) electrons. The van der Waals surface area contributed by atoms with Gasteiger partial charge in [-0.3, -0.25) is 4.18 Å². The van der Waals surface area contributed by atoms with E-state index < -0.39 is 30.6 Å². The van der Waals surface area contributed by atoms with Gasteiger partial charge in [0.1, 0.15) is 0 Å². The molecule has 0 bridgehead atoms. The smallest absolute Gasteiger partial charge is 0.325 e. The summed E-state index contributed by atoms with van der Waals surface area (Å²) in [5, 5.41) is 3.43. The number of carbonyl (C=O) groups is 1. The first kappa shape index (κ1) is 20.7. The summed E-state index contributed by atoms with van der Waals surface area (Å²) in [5.74, 6) is -0.622. The number of rotatable bonds is 7. The van der Waals surface area contributed by atoms with Gasteiger partial charge in [0.05, 0.1) is 10.5 Å². The molecule has 2 aromatic carbocycles. The number of benzene rings is 2. The summed E-state index contributed by atoms with van der Waals surface area (Å²) in [6, 6.07) is 13.6. The first-order valence-corrected chi connectivity index (χ1v) is 12.8. The van der Waals surface area contributed by atoms with Crippen molar-refractivity contribution < 1.29 is 21.8 Å². The molecule has 0 spiro atoms. The quantitative estimate of drug-likeness (QED) is 0.222. The number of hydrogen-bond acceptors (Lipinski definition) is 6. The zero-order chi connectivity index (χ0) is 20.1. The van der Waals surface area contributed by atoms with Gasteiger partial charge in [-0.2, -0.15) is 8.42 Å². The highest BCUT2D eigenvalue weighted by atomic mass is 32.2. The fraction of sp³-hybridized carbons (Fsp3) is 0.235. The molecule has 2 rings (SSSR count). The predicted octanol–water partition coefficient (Wildman–Crippen LogP) is 4.39. The number of azide groups is 1. The molecule has 0 aromatic heterocycles. The van der Waals surface area contributed by atoms with Crippen molar-refractivity contribution in [1.29, 1.82) is 0 Å². The first-order valence-electron chi connectivity index (χ1n) is 7.99. The lowest BCUT2D eigenvalue weighted by Crippen LogP contribution is -2.30. The Bertz CT molecular complexity index is 968. The minimum absolute atomic E-state index is 0.0839. The SMILES string of the molecule is C[Si](C)(C)OC(=O)c1ccccc1C(N=[N+]=[N-])OS(=O)(=O)c1ccccc1. The van der Waals surface area contributed by atoms with Gasteiger partial charge in [-0.15, -0.1) is 0 Å². The Morgan fingerprint density at radius 2 is 1.67 bits per heavy atom. The van der Waals surface area contributed by atoms with Gasteiger partial charge in [0.25, 0.3) is 10.1 Å².